The minimum atomic E-state index is -0.00458. The smallest absolute Gasteiger partial charge is 0.251 e. The van der Waals surface area contributed by atoms with E-state index in [0.717, 1.165) is 46.3 Å². The third-order valence-corrected chi connectivity index (χ3v) is 6.34. The highest BCUT2D eigenvalue weighted by atomic mass is 16.1. The summed E-state index contributed by atoms with van der Waals surface area (Å²) in [6, 6.07) is 17.3. The third-order valence-electron chi connectivity index (χ3n) is 6.34. The molecule has 3 heterocycles. The minimum absolute atomic E-state index is 0.00458. The van der Waals surface area contributed by atoms with E-state index >= 15 is 0 Å². The van der Waals surface area contributed by atoms with Gasteiger partial charge in [0.1, 0.15) is 5.82 Å². The normalized spacial score (nSPS) is 18.2. The molecule has 2 aliphatic heterocycles. The second kappa shape index (κ2) is 7.48. The van der Waals surface area contributed by atoms with Crippen LogP contribution in [0.4, 0.5) is 11.5 Å². The number of benzene rings is 2. The first-order chi connectivity index (χ1) is 14.6. The fraction of sp³-hybridized carbons (Fsp3) is 0.280. The predicted molar refractivity (Wildman–Crippen MR) is 122 cm³/mol. The van der Waals surface area contributed by atoms with Gasteiger partial charge in [0.15, 0.2) is 0 Å². The van der Waals surface area contributed by atoms with E-state index in [4.69, 9.17) is 5.73 Å². The molecule has 152 valence electrons. The minimum Gasteiger partial charge on any atom is -0.383 e. The molecule has 0 spiro atoms. The van der Waals surface area contributed by atoms with Gasteiger partial charge < -0.3 is 16.0 Å². The maximum atomic E-state index is 12.0. The van der Waals surface area contributed by atoms with Gasteiger partial charge in [0, 0.05) is 47.7 Å². The average molecular weight is 399 g/mol. The van der Waals surface area contributed by atoms with Crippen molar-refractivity contribution in [2.45, 2.75) is 32.2 Å². The van der Waals surface area contributed by atoms with Gasteiger partial charge in [0.2, 0.25) is 0 Å². The van der Waals surface area contributed by atoms with Gasteiger partial charge in [-0.1, -0.05) is 24.3 Å². The lowest BCUT2D eigenvalue weighted by molar-refractivity contribution is 0.0946. The molecule has 1 atom stereocenters. The fourth-order valence-corrected chi connectivity index (χ4v) is 4.62. The van der Waals surface area contributed by atoms with Crippen LogP contribution in [0.2, 0.25) is 0 Å². The molecule has 2 aliphatic rings. The first kappa shape index (κ1) is 18.7. The molecule has 5 nitrogen and oxygen atoms in total. The predicted octanol–water partition coefficient (Wildman–Crippen LogP) is 4.27. The Hall–Kier alpha value is -3.34. The summed E-state index contributed by atoms with van der Waals surface area (Å²) in [4.78, 5) is 19.0. The van der Waals surface area contributed by atoms with Gasteiger partial charge in [0.25, 0.3) is 5.91 Å². The van der Waals surface area contributed by atoms with Crippen molar-refractivity contribution < 1.29 is 4.79 Å². The summed E-state index contributed by atoms with van der Waals surface area (Å²) in [5.74, 6) is 0.497. The quantitative estimate of drug-likeness (QED) is 0.691. The Bertz CT molecular complexity index is 1110. The average Bonchev–Trinajstić information content (AvgIpc) is 3.20. The van der Waals surface area contributed by atoms with Crippen molar-refractivity contribution in [1.82, 2.24) is 10.3 Å². The van der Waals surface area contributed by atoms with E-state index in [0.29, 0.717) is 18.4 Å². The van der Waals surface area contributed by atoms with Crippen molar-refractivity contribution in [3.8, 4) is 22.3 Å². The van der Waals surface area contributed by atoms with Crippen LogP contribution in [0.3, 0.4) is 0 Å². The molecule has 30 heavy (non-hydrogen) atoms. The van der Waals surface area contributed by atoms with Crippen LogP contribution in [0.1, 0.15) is 35.7 Å². The van der Waals surface area contributed by atoms with Crippen LogP contribution in [0.25, 0.3) is 22.3 Å². The fourth-order valence-electron chi connectivity index (χ4n) is 4.62. The summed E-state index contributed by atoms with van der Waals surface area (Å²) in [6.07, 6.45) is 5.18. The maximum absolute atomic E-state index is 12.0. The van der Waals surface area contributed by atoms with E-state index in [-0.39, 0.29) is 5.91 Å². The monoisotopic (exact) mass is 398 g/mol. The van der Waals surface area contributed by atoms with Crippen LogP contribution in [0, 0.1) is 0 Å². The van der Waals surface area contributed by atoms with Crippen LogP contribution >= 0.6 is 0 Å². The summed E-state index contributed by atoms with van der Waals surface area (Å²) in [5.41, 5.74) is 13.4. The van der Waals surface area contributed by atoms with Gasteiger partial charge >= 0.3 is 0 Å². The van der Waals surface area contributed by atoms with Gasteiger partial charge in [-0.25, -0.2) is 4.98 Å². The van der Waals surface area contributed by atoms with Gasteiger partial charge in [-0.05, 0) is 67.1 Å². The van der Waals surface area contributed by atoms with Crippen molar-refractivity contribution in [1.29, 1.82) is 0 Å². The largest absolute Gasteiger partial charge is 0.383 e. The molecule has 2 aromatic carbocycles. The Balaban J connectivity index is 1.47. The van der Waals surface area contributed by atoms with E-state index in [1.807, 2.05) is 18.3 Å². The van der Waals surface area contributed by atoms with E-state index in [1.54, 1.807) is 0 Å². The second-order valence-electron chi connectivity index (χ2n) is 8.27. The number of rotatable bonds is 3. The number of aromatic nitrogens is 1. The Morgan fingerprint density at radius 3 is 2.60 bits per heavy atom. The number of nitrogens with one attached hydrogen (secondary N) is 1. The first-order valence-corrected chi connectivity index (χ1v) is 10.6. The third kappa shape index (κ3) is 3.30. The summed E-state index contributed by atoms with van der Waals surface area (Å²) in [7, 11) is 0. The number of carbonyl (C=O) groups is 1. The summed E-state index contributed by atoms with van der Waals surface area (Å²) < 4.78 is 0. The molecule has 0 aliphatic carbocycles. The first-order valence-electron chi connectivity index (χ1n) is 10.6. The highest BCUT2D eigenvalue weighted by molar-refractivity contribution is 5.97. The number of nitrogens with two attached hydrogens (primary N) is 1. The van der Waals surface area contributed by atoms with Crippen molar-refractivity contribution in [2.24, 2.45) is 0 Å². The van der Waals surface area contributed by atoms with Crippen molar-refractivity contribution in [3.05, 3.63) is 65.9 Å². The zero-order valence-corrected chi connectivity index (χ0v) is 17.2. The molecule has 5 heteroatoms. The number of amides is 1. The van der Waals surface area contributed by atoms with Crippen LogP contribution < -0.4 is 16.0 Å². The van der Waals surface area contributed by atoms with E-state index in [9.17, 15) is 4.79 Å². The molecule has 1 fully saturated rings. The second-order valence-corrected chi connectivity index (χ2v) is 8.27. The SMILES string of the molecule is C[C@H]1CCCN1c1ccc(-c2cnc(N)c(-c3ccc4c(c3)CCNC4=O)c2)cc1. The molecular formula is C25H26N4O. The van der Waals surface area contributed by atoms with E-state index in [2.05, 4.69) is 58.5 Å². The van der Waals surface area contributed by atoms with Crippen molar-refractivity contribution >= 4 is 17.4 Å². The number of hydrogen-bond acceptors (Lipinski definition) is 4. The molecule has 5 rings (SSSR count). The molecule has 0 unspecified atom stereocenters. The van der Waals surface area contributed by atoms with Crippen LogP contribution in [-0.4, -0.2) is 30.0 Å². The number of carbonyl (C=O) groups excluding carboxylic acids is 1. The van der Waals surface area contributed by atoms with Gasteiger partial charge in [0.05, 0.1) is 0 Å². The summed E-state index contributed by atoms with van der Waals surface area (Å²) in [6.45, 7) is 4.09. The highest BCUT2D eigenvalue weighted by Crippen LogP contribution is 2.33. The standard InChI is InChI=1S/C25H26N4O/c1-16-3-2-12-29(16)21-7-4-17(5-8-21)20-14-23(24(26)28-15-20)18-6-9-22-19(13-18)10-11-27-25(22)30/h4-9,13-16H,2-3,10-12H2,1H3,(H2,26,28)(H,27,30)/t16-/m0/s1. The number of hydrogen-bond donors (Lipinski definition) is 2. The van der Waals surface area contributed by atoms with Gasteiger partial charge in [-0.3, -0.25) is 4.79 Å². The Kier molecular flexibility index (Phi) is 4.66. The van der Waals surface area contributed by atoms with Gasteiger partial charge in [-0.15, -0.1) is 0 Å². The Labute approximate surface area is 176 Å². The Morgan fingerprint density at radius 1 is 1.03 bits per heavy atom. The maximum Gasteiger partial charge on any atom is 0.251 e. The van der Waals surface area contributed by atoms with E-state index in [1.165, 1.54) is 18.5 Å². The topological polar surface area (TPSA) is 71.2 Å². The number of fused-ring (bicyclic) bond motifs is 1. The number of nitrogens with zero attached hydrogens (tertiary/aromatic N) is 2. The zero-order chi connectivity index (χ0) is 20.7. The number of pyridine rings is 1. The lowest BCUT2D eigenvalue weighted by Crippen LogP contribution is -2.31. The van der Waals surface area contributed by atoms with Crippen molar-refractivity contribution in [3.63, 3.8) is 0 Å². The number of anilines is 2. The summed E-state index contributed by atoms with van der Waals surface area (Å²) >= 11 is 0. The highest BCUT2D eigenvalue weighted by Gasteiger charge is 2.21. The van der Waals surface area contributed by atoms with Crippen molar-refractivity contribution in [2.75, 3.05) is 23.7 Å². The molecule has 1 aromatic heterocycles. The molecule has 1 saturated heterocycles. The lowest BCUT2D eigenvalue weighted by atomic mass is 9.94. The molecule has 0 saturated carbocycles. The molecule has 0 bridgehead atoms. The molecule has 3 aromatic rings. The van der Waals surface area contributed by atoms with Crippen LogP contribution in [-0.2, 0) is 6.42 Å². The van der Waals surface area contributed by atoms with Crippen LogP contribution in [0.5, 0.6) is 0 Å². The molecule has 1 amide bonds. The van der Waals surface area contributed by atoms with Gasteiger partial charge in [-0.2, -0.15) is 0 Å². The van der Waals surface area contributed by atoms with E-state index < -0.39 is 0 Å². The van der Waals surface area contributed by atoms with Crippen LogP contribution in [0.15, 0.2) is 54.7 Å². The zero-order valence-electron chi connectivity index (χ0n) is 17.2. The Morgan fingerprint density at radius 2 is 1.83 bits per heavy atom. The lowest BCUT2D eigenvalue weighted by Gasteiger charge is -2.24. The molecular weight excluding hydrogens is 372 g/mol. The number of nitrogen functional groups attached to an aromatic ring is 1. The molecule has 3 N–H and O–H groups in total. The molecule has 0 radical (unpaired) electrons. The summed E-state index contributed by atoms with van der Waals surface area (Å²) in [5, 5.41) is 2.89.